The van der Waals surface area contributed by atoms with Crippen molar-refractivity contribution in [2.24, 2.45) is 5.41 Å². The molecule has 5 heteroatoms. The van der Waals surface area contributed by atoms with Gasteiger partial charge in [-0.15, -0.1) is 23.5 Å². The van der Waals surface area contributed by atoms with Gasteiger partial charge in [0.1, 0.15) is 4.83 Å². The van der Waals surface area contributed by atoms with Crippen molar-refractivity contribution in [1.29, 1.82) is 0 Å². The molecular formula is C23H29BrO2S2. The Morgan fingerprint density at radius 1 is 0.964 bits per heavy atom. The number of alkyl halides is 1. The van der Waals surface area contributed by atoms with Crippen molar-refractivity contribution >= 4 is 45.4 Å². The fraction of sp³-hybridized carbons (Fsp3) is 0.435. The summed E-state index contributed by atoms with van der Waals surface area (Å²) in [5, 5.41) is 0. The maximum absolute atomic E-state index is 12.1. The van der Waals surface area contributed by atoms with Crippen molar-refractivity contribution in [2.75, 3.05) is 6.61 Å². The number of halogens is 1. The Balaban J connectivity index is 2.06. The molecule has 0 aliphatic rings. The summed E-state index contributed by atoms with van der Waals surface area (Å²) >= 11 is 7.46. The van der Waals surface area contributed by atoms with Gasteiger partial charge in [0, 0.05) is 11.5 Å². The first-order valence-corrected chi connectivity index (χ1v) is 12.6. The predicted molar refractivity (Wildman–Crippen MR) is 127 cm³/mol. The maximum atomic E-state index is 12.1. The zero-order valence-corrected chi connectivity index (χ0v) is 20.0. The Hall–Kier alpha value is -0.910. The van der Waals surface area contributed by atoms with E-state index in [9.17, 15) is 4.79 Å². The van der Waals surface area contributed by atoms with E-state index in [1.54, 1.807) is 0 Å². The van der Waals surface area contributed by atoms with E-state index in [1.165, 1.54) is 11.1 Å². The summed E-state index contributed by atoms with van der Waals surface area (Å²) in [6.07, 6.45) is 0.736. The summed E-state index contributed by atoms with van der Waals surface area (Å²) in [5.41, 5.74) is 2.61. The number of carbonyl (C=O) groups is 1. The van der Waals surface area contributed by atoms with Crippen LogP contribution in [-0.2, 0) is 21.0 Å². The van der Waals surface area contributed by atoms with Gasteiger partial charge in [0.15, 0.2) is 0 Å². The summed E-state index contributed by atoms with van der Waals surface area (Å²) in [5.74, 6) is 1.75. The molecule has 0 heterocycles. The van der Waals surface area contributed by atoms with E-state index < -0.39 is 0 Å². The van der Waals surface area contributed by atoms with Gasteiger partial charge in [-0.1, -0.05) is 90.4 Å². The smallest absolute Gasteiger partial charge is 0.319 e. The van der Waals surface area contributed by atoms with Crippen LogP contribution in [0.5, 0.6) is 0 Å². The molecule has 28 heavy (non-hydrogen) atoms. The van der Waals surface area contributed by atoms with Crippen molar-refractivity contribution in [1.82, 2.24) is 0 Å². The molecule has 0 saturated heterocycles. The van der Waals surface area contributed by atoms with Gasteiger partial charge < -0.3 is 4.74 Å². The van der Waals surface area contributed by atoms with Gasteiger partial charge in [0.05, 0.1) is 11.2 Å². The monoisotopic (exact) mass is 480 g/mol. The van der Waals surface area contributed by atoms with E-state index in [4.69, 9.17) is 4.74 Å². The fourth-order valence-corrected chi connectivity index (χ4v) is 6.79. The number of hydrogen-bond donors (Lipinski definition) is 0. The van der Waals surface area contributed by atoms with E-state index in [-0.39, 0.29) is 16.2 Å². The number of rotatable bonds is 11. The fourth-order valence-electron chi connectivity index (χ4n) is 2.87. The molecule has 2 aromatic rings. The van der Waals surface area contributed by atoms with Crippen molar-refractivity contribution in [3.05, 3.63) is 71.8 Å². The Morgan fingerprint density at radius 3 is 1.86 bits per heavy atom. The number of hydrogen-bond acceptors (Lipinski definition) is 4. The highest BCUT2D eigenvalue weighted by atomic mass is 79.9. The molecule has 0 spiro atoms. The first kappa shape index (κ1) is 23.4. The Morgan fingerprint density at radius 2 is 1.43 bits per heavy atom. The largest absolute Gasteiger partial charge is 0.465 e. The van der Waals surface area contributed by atoms with E-state index in [2.05, 4.69) is 90.4 Å². The van der Waals surface area contributed by atoms with Crippen LogP contribution in [0.25, 0.3) is 0 Å². The molecule has 0 amide bonds. The van der Waals surface area contributed by atoms with Crippen molar-refractivity contribution in [2.45, 2.75) is 48.1 Å². The molecule has 0 fully saturated rings. The van der Waals surface area contributed by atoms with Crippen molar-refractivity contribution in [3.63, 3.8) is 0 Å². The van der Waals surface area contributed by atoms with Crippen LogP contribution in [0.2, 0.25) is 0 Å². The predicted octanol–water partition coefficient (Wildman–Crippen LogP) is 6.92. The van der Waals surface area contributed by atoms with Gasteiger partial charge in [0.25, 0.3) is 0 Å². The standard InChI is InChI=1S/C23H29BrO2S2/c1-4-26-21(25)20(24)15-23(2,3)22(27-16-18-11-7-5-8-12-18)28-17-19-13-9-6-10-14-19/h5-14,20,22H,4,15-17H2,1-3H3. The average Bonchev–Trinajstić information content (AvgIpc) is 2.69. The summed E-state index contributed by atoms with van der Waals surface area (Å²) in [6, 6.07) is 21.1. The van der Waals surface area contributed by atoms with Crippen LogP contribution in [0.4, 0.5) is 0 Å². The van der Waals surface area contributed by atoms with Crippen LogP contribution in [0.3, 0.4) is 0 Å². The number of carbonyl (C=O) groups excluding carboxylic acids is 1. The quantitative estimate of drug-likeness (QED) is 0.198. The lowest BCUT2D eigenvalue weighted by Crippen LogP contribution is -2.31. The van der Waals surface area contributed by atoms with Crippen LogP contribution >= 0.6 is 39.5 Å². The zero-order valence-electron chi connectivity index (χ0n) is 16.8. The minimum Gasteiger partial charge on any atom is -0.465 e. The van der Waals surface area contributed by atoms with E-state index in [1.807, 2.05) is 30.4 Å². The molecule has 0 aromatic heterocycles. The lowest BCUT2D eigenvalue weighted by atomic mass is 9.90. The van der Waals surface area contributed by atoms with E-state index in [0.29, 0.717) is 11.2 Å². The molecule has 0 saturated carbocycles. The Labute approximate surface area is 186 Å². The Kier molecular flexibility index (Phi) is 9.96. The summed E-state index contributed by atoms with van der Waals surface area (Å²) < 4.78 is 5.54. The second-order valence-corrected chi connectivity index (χ2v) is 10.9. The highest BCUT2D eigenvalue weighted by Gasteiger charge is 2.35. The van der Waals surface area contributed by atoms with Gasteiger partial charge in [-0.3, -0.25) is 4.79 Å². The first-order chi connectivity index (χ1) is 13.4. The lowest BCUT2D eigenvalue weighted by molar-refractivity contribution is -0.142. The average molecular weight is 482 g/mol. The first-order valence-electron chi connectivity index (χ1n) is 9.54. The van der Waals surface area contributed by atoms with Gasteiger partial charge in [-0.2, -0.15) is 0 Å². The summed E-state index contributed by atoms with van der Waals surface area (Å²) in [4.78, 5) is 11.8. The molecule has 0 N–H and O–H groups in total. The van der Waals surface area contributed by atoms with Gasteiger partial charge in [-0.05, 0) is 29.9 Å². The number of thioether (sulfide) groups is 2. The third-order valence-corrected chi connectivity index (χ3v) is 8.77. The second kappa shape index (κ2) is 11.9. The minimum atomic E-state index is -0.278. The lowest BCUT2D eigenvalue weighted by Gasteiger charge is -2.35. The Bertz CT molecular complexity index is 664. The minimum absolute atomic E-state index is 0.0418. The number of benzene rings is 2. The third-order valence-electron chi connectivity index (χ3n) is 4.37. The van der Waals surface area contributed by atoms with Crippen LogP contribution in [0, 0.1) is 5.41 Å². The second-order valence-electron chi connectivity index (χ2n) is 7.34. The van der Waals surface area contributed by atoms with Gasteiger partial charge in [-0.25, -0.2) is 0 Å². The van der Waals surface area contributed by atoms with Crippen molar-refractivity contribution < 1.29 is 9.53 Å². The maximum Gasteiger partial charge on any atom is 0.319 e. The number of ether oxygens (including phenoxy) is 1. The highest BCUT2D eigenvalue weighted by Crippen LogP contribution is 2.45. The molecule has 1 unspecified atom stereocenters. The number of esters is 1. The van der Waals surface area contributed by atoms with Gasteiger partial charge in [0.2, 0.25) is 0 Å². The molecule has 152 valence electrons. The molecule has 1 atom stereocenters. The molecule has 2 rings (SSSR count). The SMILES string of the molecule is CCOC(=O)C(Br)CC(C)(C)C(SCc1ccccc1)SCc1ccccc1. The molecule has 2 nitrogen and oxygen atoms in total. The van der Waals surface area contributed by atoms with Crippen LogP contribution in [-0.4, -0.2) is 22.0 Å². The molecule has 0 aliphatic heterocycles. The van der Waals surface area contributed by atoms with Gasteiger partial charge >= 0.3 is 5.97 Å². The summed E-state index contributed by atoms with van der Waals surface area (Å²) in [7, 11) is 0. The summed E-state index contributed by atoms with van der Waals surface area (Å²) in [6.45, 7) is 6.76. The van der Waals surface area contributed by atoms with Crippen LogP contribution in [0.15, 0.2) is 60.7 Å². The van der Waals surface area contributed by atoms with Crippen LogP contribution < -0.4 is 0 Å². The topological polar surface area (TPSA) is 26.3 Å². The normalized spacial score (nSPS) is 12.8. The molecule has 2 aromatic carbocycles. The molecular weight excluding hydrogens is 452 g/mol. The zero-order chi connectivity index (χ0) is 20.4. The van der Waals surface area contributed by atoms with E-state index in [0.717, 1.165) is 17.9 Å². The van der Waals surface area contributed by atoms with E-state index >= 15 is 0 Å². The van der Waals surface area contributed by atoms with Crippen molar-refractivity contribution in [3.8, 4) is 0 Å². The highest BCUT2D eigenvalue weighted by molar-refractivity contribution is 9.10. The molecule has 0 radical (unpaired) electrons. The molecule has 0 bridgehead atoms. The third kappa shape index (κ3) is 7.84. The molecule has 0 aliphatic carbocycles. The van der Waals surface area contributed by atoms with Crippen LogP contribution in [0.1, 0.15) is 38.3 Å².